The lowest BCUT2D eigenvalue weighted by Gasteiger charge is -2.00. The summed E-state index contributed by atoms with van der Waals surface area (Å²) in [4.78, 5) is 10.6. The Morgan fingerprint density at radius 2 is 1.91 bits per heavy atom. The fourth-order valence-corrected chi connectivity index (χ4v) is 0.532. The second-order valence-electron chi connectivity index (χ2n) is 1.65. The van der Waals surface area contributed by atoms with Crippen molar-refractivity contribution in [2.45, 2.75) is 0 Å². The molecular weight excluding hydrogens is 148 g/mol. The number of nitrogens with one attached hydrogen (secondary N) is 1. The SMILES string of the molecule is [2H]C(O)Nc1nc(N)nc(N)n1. The van der Waals surface area contributed by atoms with Crippen molar-refractivity contribution >= 4 is 17.8 Å². The van der Waals surface area contributed by atoms with E-state index in [1.165, 1.54) is 0 Å². The summed E-state index contributed by atoms with van der Waals surface area (Å²) in [6.07, 6.45) is 0. The van der Waals surface area contributed by atoms with Crippen molar-refractivity contribution in [3.05, 3.63) is 0 Å². The zero-order valence-electron chi connectivity index (χ0n) is 6.52. The van der Waals surface area contributed by atoms with E-state index >= 15 is 0 Å². The van der Waals surface area contributed by atoms with Crippen LogP contribution in [0.2, 0.25) is 0 Å². The van der Waals surface area contributed by atoms with E-state index in [0.29, 0.717) is 0 Å². The molecule has 1 unspecified atom stereocenters. The Bertz CT molecular complexity index is 258. The summed E-state index contributed by atoms with van der Waals surface area (Å²) in [5.74, 6) is -0.154. The topological polar surface area (TPSA) is 123 Å². The van der Waals surface area contributed by atoms with Crippen molar-refractivity contribution in [1.82, 2.24) is 15.0 Å². The van der Waals surface area contributed by atoms with Crippen LogP contribution in [0.15, 0.2) is 0 Å². The predicted molar refractivity (Wildman–Crippen MR) is 39.4 cm³/mol. The van der Waals surface area contributed by atoms with Crippen molar-refractivity contribution in [3.63, 3.8) is 0 Å². The van der Waals surface area contributed by atoms with Crippen LogP contribution < -0.4 is 16.8 Å². The van der Waals surface area contributed by atoms with Crippen LogP contribution in [0.3, 0.4) is 0 Å². The second-order valence-corrected chi connectivity index (χ2v) is 1.65. The minimum atomic E-state index is -1.51. The summed E-state index contributed by atoms with van der Waals surface area (Å²) in [5, 5.41) is 10.7. The van der Waals surface area contributed by atoms with Gasteiger partial charge in [-0.2, -0.15) is 15.0 Å². The number of nitrogens with zero attached hydrogens (tertiary/aromatic N) is 3. The Morgan fingerprint density at radius 1 is 1.36 bits per heavy atom. The number of hydrogen-bond acceptors (Lipinski definition) is 7. The molecule has 6 N–H and O–H groups in total. The molecule has 0 radical (unpaired) electrons. The number of aliphatic hydroxyl groups excluding tert-OH is 1. The van der Waals surface area contributed by atoms with Gasteiger partial charge in [-0.25, -0.2) is 0 Å². The number of rotatable bonds is 2. The number of aromatic nitrogens is 3. The van der Waals surface area contributed by atoms with Gasteiger partial charge in [-0.05, 0) is 0 Å². The summed E-state index contributed by atoms with van der Waals surface area (Å²) in [5.41, 5.74) is 10.4. The molecule has 60 valence electrons. The smallest absolute Gasteiger partial charge is 0.231 e. The highest BCUT2D eigenvalue weighted by Gasteiger charge is 1.98. The molecular formula is C4H8N6O. The summed E-state index contributed by atoms with van der Waals surface area (Å²) in [6, 6.07) is 0. The average Bonchev–Trinajstić information content (AvgIpc) is 1.81. The molecule has 1 heterocycles. The van der Waals surface area contributed by atoms with E-state index in [1.54, 1.807) is 0 Å². The Kier molecular flexibility index (Phi) is 1.65. The third-order valence-corrected chi connectivity index (χ3v) is 0.864. The highest BCUT2D eigenvalue weighted by atomic mass is 16.3. The molecule has 11 heavy (non-hydrogen) atoms. The van der Waals surface area contributed by atoms with Gasteiger partial charge in [0.25, 0.3) is 0 Å². The van der Waals surface area contributed by atoms with Gasteiger partial charge < -0.3 is 21.9 Å². The zero-order chi connectivity index (χ0) is 9.14. The first kappa shape index (κ1) is 6.10. The highest BCUT2D eigenvalue weighted by molar-refractivity contribution is 5.36. The second kappa shape index (κ2) is 2.97. The molecule has 7 nitrogen and oxygen atoms in total. The number of hydrogen-bond donors (Lipinski definition) is 4. The Labute approximate surface area is 63.9 Å². The standard InChI is InChI=1S/C4H8N6O/c5-2-8-3(6)10-4(9-2)7-1-11/h11H,1H2,(H5,5,6,7,8,9,10)/i1D. The summed E-state index contributed by atoms with van der Waals surface area (Å²) < 4.78 is 6.72. The molecule has 1 aromatic rings. The minimum Gasteiger partial charge on any atom is -0.376 e. The van der Waals surface area contributed by atoms with Crippen LogP contribution >= 0.6 is 0 Å². The molecule has 0 fully saturated rings. The van der Waals surface area contributed by atoms with E-state index in [1.807, 2.05) is 0 Å². The van der Waals surface area contributed by atoms with Crippen LogP contribution in [0, 0.1) is 0 Å². The number of aliphatic hydroxyl groups is 1. The monoisotopic (exact) mass is 157 g/mol. The first-order valence-corrected chi connectivity index (χ1v) is 2.72. The van der Waals surface area contributed by atoms with Gasteiger partial charge in [0, 0.05) is 0 Å². The van der Waals surface area contributed by atoms with Gasteiger partial charge >= 0.3 is 0 Å². The van der Waals surface area contributed by atoms with E-state index in [0.717, 1.165) is 0 Å². The molecule has 7 heteroatoms. The van der Waals surface area contributed by atoms with Crippen LogP contribution in [0.4, 0.5) is 17.8 Å². The Morgan fingerprint density at radius 3 is 2.36 bits per heavy atom. The largest absolute Gasteiger partial charge is 0.376 e. The van der Waals surface area contributed by atoms with Crippen molar-refractivity contribution < 1.29 is 6.48 Å². The summed E-state index contributed by atoms with van der Waals surface area (Å²) in [6.45, 7) is -1.51. The molecule has 0 aromatic carbocycles. The molecule has 1 atom stereocenters. The van der Waals surface area contributed by atoms with Crippen molar-refractivity contribution in [3.8, 4) is 0 Å². The average molecular weight is 157 g/mol. The lowest BCUT2D eigenvalue weighted by Crippen LogP contribution is -2.09. The van der Waals surface area contributed by atoms with Gasteiger partial charge in [0.05, 0.1) is 1.37 Å². The van der Waals surface area contributed by atoms with E-state index in [4.69, 9.17) is 17.9 Å². The van der Waals surface area contributed by atoms with Crippen LogP contribution in [-0.4, -0.2) is 26.8 Å². The third kappa shape index (κ3) is 1.90. The number of anilines is 3. The normalized spacial score (nSPS) is 13.7. The van der Waals surface area contributed by atoms with Gasteiger partial charge in [-0.15, -0.1) is 0 Å². The molecule has 1 rings (SSSR count). The van der Waals surface area contributed by atoms with Crippen LogP contribution in [-0.2, 0) is 0 Å². The number of nitrogens with two attached hydrogens (primary N) is 2. The first-order chi connectivity index (χ1) is 5.58. The maximum Gasteiger partial charge on any atom is 0.231 e. The molecule has 0 saturated heterocycles. The molecule has 0 aliphatic heterocycles. The first-order valence-electron chi connectivity index (χ1n) is 3.29. The van der Waals surface area contributed by atoms with Crippen LogP contribution in [0.5, 0.6) is 0 Å². The molecule has 0 aliphatic rings. The fraction of sp³-hybridized carbons (Fsp3) is 0.250. The highest BCUT2D eigenvalue weighted by Crippen LogP contribution is 2.01. The third-order valence-electron chi connectivity index (χ3n) is 0.864. The maximum absolute atomic E-state index is 8.56. The molecule has 1 aromatic heterocycles. The van der Waals surface area contributed by atoms with Gasteiger partial charge in [0.2, 0.25) is 17.8 Å². The Balaban J connectivity index is 2.85. The van der Waals surface area contributed by atoms with Crippen molar-refractivity contribution in [2.75, 3.05) is 23.5 Å². The van der Waals surface area contributed by atoms with Crippen molar-refractivity contribution in [2.24, 2.45) is 0 Å². The summed E-state index contributed by atoms with van der Waals surface area (Å²) in [7, 11) is 0. The van der Waals surface area contributed by atoms with Gasteiger partial charge in [-0.3, -0.25) is 0 Å². The van der Waals surface area contributed by atoms with Crippen LogP contribution in [0.25, 0.3) is 0 Å². The lowest BCUT2D eigenvalue weighted by molar-refractivity contribution is 0.324. The van der Waals surface area contributed by atoms with Crippen LogP contribution in [0.1, 0.15) is 1.37 Å². The van der Waals surface area contributed by atoms with E-state index in [-0.39, 0.29) is 17.8 Å². The molecule has 0 amide bonds. The van der Waals surface area contributed by atoms with Gasteiger partial charge in [0.15, 0.2) is 0 Å². The van der Waals surface area contributed by atoms with Gasteiger partial charge in [-0.1, -0.05) is 0 Å². The zero-order valence-corrected chi connectivity index (χ0v) is 5.52. The minimum absolute atomic E-state index is 0.0255. The maximum atomic E-state index is 8.56. The molecule has 0 bridgehead atoms. The van der Waals surface area contributed by atoms with Crippen molar-refractivity contribution in [1.29, 1.82) is 0 Å². The summed E-state index contributed by atoms with van der Waals surface area (Å²) >= 11 is 0. The quantitative estimate of drug-likeness (QED) is 0.381. The van der Waals surface area contributed by atoms with Gasteiger partial charge in [0.1, 0.15) is 6.71 Å². The number of nitrogen functional groups attached to an aromatic ring is 2. The Hall–Kier alpha value is -1.63. The van der Waals surface area contributed by atoms with E-state index < -0.39 is 6.71 Å². The molecule has 0 spiro atoms. The molecule has 0 saturated carbocycles. The van der Waals surface area contributed by atoms with E-state index in [2.05, 4.69) is 20.3 Å². The predicted octanol–water partition coefficient (Wildman–Crippen LogP) is -1.60. The van der Waals surface area contributed by atoms with E-state index in [9.17, 15) is 0 Å². The lowest BCUT2D eigenvalue weighted by atomic mass is 10.8. The fourth-order valence-electron chi connectivity index (χ4n) is 0.532. The molecule has 0 aliphatic carbocycles.